The lowest BCUT2D eigenvalue weighted by Crippen LogP contribution is -2.14. The summed E-state index contributed by atoms with van der Waals surface area (Å²) in [4.78, 5) is 16.9. The zero-order valence-electron chi connectivity index (χ0n) is 16.7. The third kappa shape index (κ3) is 4.17. The van der Waals surface area contributed by atoms with Crippen molar-refractivity contribution in [2.24, 2.45) is 0 Å². The summed E-state index contributed by atoms with van der Waals surface area (Å²) < 4.78 is 8.90. The molecular weight excluding hydrogens is 428 g/mol. The van der Waals surface area contributed by atoms with Gasteiger partial charge in [-0.25, -0.2) is 4.68 Å². The van der Waals surface area contributed by atoms with Crippen molar-refractivity contribution < 1.29 is 9.21 Å². The number of nitrogens with one attached hydrogen (secondary N) is 1. The van der Waals surface area contributed by atoms with Crippen molar-refractivity contribution in [3.63, 3.8) is 0 Å². The van der Waals surface area contributed by atoms with Gasteiger partial charge >= 0.3 is 0 Å². The van der Waals surface area contributed by atoms with Crippen molar-refractivity contribution in [1.29, 1.82) is 0 Å². The van der Waals surface area contributed by atoms with Crippen LogP contribution in [0.15, 0.2) is 89.9 Å². The topological polar surface area (TPSA) is 90.8 Å². The Bertz CT molecular complexity index is 1360. The number of halogens is 1. The maximum Gasteiger partial charge on any atom is 0.277 e. The molecule has 0 aliphatic rings. The summed E-state index contributed by atoms with van der Waals surface area (Å²) in [7, 11) is 0. The molecule has 0 saturated carbocycles. The molecule has 4 heterocycles. The molecule has 0 unspecified atom stereocenters. The average Bonchev–Trinajstić information content (AvgIpc) is 3.55. The van der Waals surface area contributed by atoms with Gasteiger partial charge in [0.15, 0.2) is 17.3 Å². The molecule has 1 N–H and O–H groups in total. The molecule has 0 atom stereocenters. The number of rotatable bonds is 6. The van der Waals surface area contributed by atoms with Gasteiger partial charge in [-0.3, -0.25) is 14.5 Å². The molecule has 5 rings (SSSR count). The minimum atomic E-state index is -0.382. The van der Waals surface area contributed by atoms with Crippen molar-refractivity contribution in [3.8, 4) is 17.1 Å². The van der Waals surface area contributed by atoms with E-state index in [-0.39, 0.29) is 11.6 Å². The highest BCUT2D eigenvalue weighted by Gasteiger charge is 2.19. The van der Waals surface area contributed by atoms with E-state index >= 15 is 0 Å². The standard InChI is InChI=1S/C23H17ClN6O2/c24-17-3-1-4-18(13-17)30-20(21-5-2-12-32-21)14-19(27-30)23(31)26-22-8-11-29(28-22)15-16-6-9-25-10-7-16/h1-14H,15H2,(H,26,28,31). The van der Waals surface area contributed by atoms with E-state index in [4.69, 9.17) is 16.0 Å². The van der Waals surface area contributed by atoms with E-state index in [1.807, 2.05) is 24.3 Å². The Morgan fingerprint density at radius 1 is 1.03 bits per heavy atom. The highest BCUT2D eigenvalue weighted by atomic mass is 35.5. The molecule has 1 aromatic carbocycles. The van der Waals surface area contributed by atoms with E-state index in [9.17, 15) is 4.79 Å². The lowest BCUT2D eigenvalue weighted by Gasteiger charge is -2.05. The fourth-order valence-electron chi connectivity index (χ4n) is 3.27. The van der Waals surface area contributed by atoms with Gasteiger partial charge in [0.05, 0.1) is 18.5 Å². The van der Waals surface area contributed by atoms with Crippen LogP contribution in [-0.4, -0.2) is 30.5 Å². The molecule has 1 amide bonds. The molecule has 9 heteroatoms. The maximum atomic E-state index is 12.9. The summed E-state index contributed by atoms with van der Waals surface area (Å²) in [5.41, 5.74) is 2.62. The van der Waals surface area contributed by atoms with Gasteiger partial charge in [-0.15, -0.1) is 0 Å². The van der Waals surface area contributed by atoms with Gasteiger partial charge in [0.2, 0.25) is 0 Å². The highest BCUT2D eigenvalue weighted by Crippen LogP contribution is 2.26. The summed E-state index contributed by atoms with van der Waals surface area (Å²) >= 11 is 6.15. The Morgan fingerprint density at radius 3 is 2.69 bits per heavy atom. The zero-order chi connectivity index (χ0) is 21.9. The molecule has 0 aliphatic carbocycles. The molecule has 0 aliphatic heterocycles. The Labute approximate surface area is 188 Å². The summed E-state index contributed by atoms with van der Waals surface area (Å²) in [6.07, 6.45) is 6.83. The number of nitrogens with zero attached hydrogens (tertiary/aromatic N) is 5. The minimum Gasteiger partial charge on any atom is -0.463 e. The van der Waals surface area contributed by atoms with Crippen LogP contribution in [0.1, 0.15) is 16.1 Å². The van der Waals surface area contributed by atoms with Gasteiger partial charge < -0.3 is 9.73 Å². The second-order valence-electron chi connectivity index (χ2n) is 6.99. The Morgan fingerprint density at radius 2 is 1.91 bits per heavy atom. The molecule has 5 aromatic rings. The van der Waals surface area contributed by atoms with Gasteiger partial charge in [0.1, 0.15) is 5.69 Å². The van der Waals surface area contributed by atoms with Crippen molar-refractivity contribution >= 4 is 23.3 Å². The summed E-state index contributed by atoms with van der Waals surface area (Å²) in [6, 6.07) is 18.0. The van der Waals surface area contributed by atoms with Crippen LogP contribution in [0.5, 0.6) is 0 Å². The number of hydrogen-bond acceptors (Lipinski definition) is 5. The molecular formula is C23H17ClN6O2. The third-order valence-electron chi connectivity index (χ3n) is 4.74. The first-order valence-corrected chi connectivity index (χ1v) is 10.2. The largest absolute Gasteiger partial charge is 0.463 e. The zero-order valence-corrected chi connectivity index (χ0v) is 17.5. The number of aromatic nitrogens is 5. The summed E-state index contributed by atoms with van der Waals surface area (Å²) in [5.74, 6) is 0.631. The Kier molecular flexibility index (Phi) is 5.27. The number of carbonyl (C=O) groups excluding carboxylic acids is 1. The average molecular weight is 445 g/mol. The second kappa shape index (κ2) is 8.52. The van der Waals surface area contributed by atoms with Crippen LogP contribution in [-0.2, 0) is 6.54 Å². The van der Waals surface area contributed by atoms with E-state index in [1.54, 1.807) is 70.6 Å². The van der Waals surface area contributed by atoms with Crippen LogP contribution in [0.4, 0.5) is 5.82 Å². The van der Waals surface area contributed by atoms with Gasteiger partial charge in [-0.2, -0.15) is 10.2 Å². The Hall–Kier alpha value is -4.17. The molecule has 0 spiro atoms. The van der Waals surface area contributed by atoms with Crippen LogP contribution in [0.2, 0.25) is 5.02 Å². The van der Waals surface area contributed by atoms with Crippen molar-refractivity contribution in [2.45, 2.75) is 6.54 Å². The maximum absolute atomic E-state index is 12.9. The third-order valence-corrected chi connectivity index (χ3v) is 4.98. The van der Waals surface area contributed by atoms with Crippen LogP contribution < -0.4 is 5.32 Å². The molecule has 0 saturated heterocycles. The monoisotopic (exact) mass is 444 g/mol. The fourth-order valence-corrected chi connectivity index (χ4v) is 3.45. The molecule has 0 radical (unpaired) electrons. The van der Waals surface area contributed by atoms with Crippen LogP contribution in [0, 0.1) is 0 Å². The van der Waals surface area contributed by atoms with Gasteiger partial charge in [0, 0.05) is 35.7 Å². The van der Waals surface area contributed by atoms with Gasteiger partial charge in [0.25, 0.3) is 5.91 Å². The van der Waals surface area contributed by atoms with Gasteiger partial charge in [-0.1, -0.05) is 17.7 Å². The molecule has 158 valence electrons. The second-order valence-corrected chi connectivity index (χ2v) is 7.43. The number of amides is 1. The van der Waals surface area contributed by atoms with E-state index in [2.05, 4.69) is 20.5 Å². The quantitative estimate of drug-likeness (QED) is 0.410. The molecule has 0 bridgehead atoms. The number of hydrogen-bond donors (Lipinski definition) is 1. The van der Waals surface area contributed by atoms with Crippen LogP contribution >= 0.6 is 11.6 Å². The van der Waals surface area contributed by atoms with Gasteiger partial charge in [-0.05, 0) is 48.0 Å². The number of anilines is 1. The number of furan rings is 1. The lowest BCUT2D eigenvalue weighted by atomic mass is 10.2. The predicted octanol–water partition coefficient (Wildman–Crippen LogP) is 4.68. The fraction of sp³-hybridized carbons (Fsp3) is 0.0435. The highest BCUT2D eigenvalue weighted by molar-refractivity contribution is 6.30. The van der Waals surface area contributed by atoms with E-state index in [0.717, 1.165) is 5.56 Å². The number of carbonyl (C=O) groups is 1. The summed E-state index contributed by atoms with van der Waals surface area (Å²) in [5, 5.41) is 12.3. The molecule has 0 fully saturated rings. The number of pyridine rings is 1. The van der Waals surface area contributed by atoms with E-state index < -0.39 is 0 Å². The normalized spacial score (nSPS) is 10.9. The van der Waals surface area contributed by atoms with E-state index in [0.29, 0.717) is 34.5 Å². The van der Waals surface area contributed by atoms with Crippen molar-refractivity contribution in [1.82, 2.24) is 24.5 Å². The van der Waals surface area contributed by atoms with Crippen molar-refractivity contribution in [3.05, 3.63) is 102 Å². The van der Waals surface area contributed by atoms with Crippen molar-refractivity contribution in [2.75, 3.05) is 5.32 Å². The Balaban J connectivity index is 1.40. The first kappa shape index (κ1) is 19.8. The molecule has 32 heavy (non-hydrogen) atoms. The smallest absolute Gasteiger partial charge is 0.277 e. The van der Waals surface area contributed by atoms with E-state index in [1.165, 1.54) is 0 Å². The lowest BCUT2D eigenvalue weighted by molar-refractivity contribution is 0.102. The molecule has 4 aromatic heterocycles. The van der Waals surface area contributed by atoms with Crippen LogP contribution in [0.25, 0.3) is 17.1 Å². The molecule has 8 nitrogen and oxygen atoms in total. The SMILES string of the molecule is O=C(Nc1ccn(Cc2ccncc2)n1)c1cc(-c2ccco2)n(-c2cccc(Cl)c2)n1. The minimum absolute atomic E-state index is 0.222. The first-order chi connectivity index (χ1) is 15.7. The predicted molar refractivity (Wildman–Crippen MR) is 120 cm³/mol. The van der Waals surface area contributed by atoms with Crippen LogP contribution in [0.3, 0.4) is 0 Å². The first-order valence-electron chi connectivity index (χ1n) is 9.79. The summed E-state index contributed by atoms with van der Waals surface area (Å²) in [6.45, 7) is 0.574. The number of benzene rings is 1.